The van der Waals surface area contributed by atoms with Gasteiger partial charge < -0.3 is 5.11 Å². The van der Waals surface area contributed by atoms with Crippen LogP contribution in [0.5, 0.6) is 0 Å². The fourth-order valence-corrected chi connectivity index (χ4v) is 2.56. The normalized spacial score (nSPS) is 18.7. The molecule has 96 valence electrons. The molecule has 1 N–H and O–H groups in total. The number of ketones is 1. The van der Waals surface area contributed by atoms with Crippen LogP contribution in [0, 0.1) is 0 Å². The molecule has 2 heteroatoms. The van der Waals surface area contributed by atoms with Crippen LogP contribution in [-0.2, 0) is 5.41 Å². The summed E-state index contributed by atoms with van der Waals surface area (Å²) < 4.78 is 0. The van der Waals surface area contributed by atoms with Crippen LogP contribution < -0.4 is 0 Å². The van der Waals surface area contributed by atoms with E-state index in [9.17, 15) is 4.79 Å². The van der Waals surface area contributed by atoms with E-state index >= 15 is 0 Å². The van der Waals surface area contributed by atoms with Crippen LogP contribution in [0.4, 0.5) is 0 Å². The molecule has 18 heavy (non-hydrogen) atoms. The van der Waals surface area contributed by atoms with Gasteiger partial charge in [0.2, 0.25) is 0 Å². The highest BCUT2D eigenvalue weighted by molar-refractivity contribution is 5.99. The molecule has 2 nitrogen and oxygen atoms in total. The SMILES string of the molecule is C/C(=C\CO)c1ccc2c(c1)C(=O)CCC2(C)C. The standard InChI is InChI=1S/C16H20O2/c1-11(7-9-17)12-4-5-14-13(10-12)15(18)6-8-16(14,2)3/h4-5,7,10,17H,6,8-9H2,1-3H3/b11-7+. The van der Waals surface area contributed by atoms with Gasteiger partial charge in [-0.05, 0) is 41.5 Å². The van der Waals surface area contributed by atoms with Gasteiger partial charge in [0.05, 0.1) is 6.61 Å². The van der Waals surface area contributed by atoms with E-state index in [4.69, 9.17) is 5.11 Å². The van der Waals surface area contributed by atoms with Crippen molar-refractivity contribution in [2.75, 3.05) is 6.61 Å². The van der Waals surface area contributed by atoms with Gasteiger partial charge in [-0.25, -0.2) is 0 Å². The largest absolute Gasteiger partial charge is 0.392 e. The molecule has 1 aromatic carbocycles. The number of aliphatic hydroxyl groups excluding tert-OH is 1. The maximum Gasteiger partial charge on any atom is 0.163 e. The highest BCUT2D eigenvalue weighted by atomic mass is 16.2. The molecule has 0 radical (unpaired) electrons. The monoisotopic (exact) mass is 244 g/mol. The van der Waals surface area contributed by atoms with Crippen LogP contribution in [0.2, 0.25) is 0 Å². The minimum Gasteiger partial charge on any atom is -0.392 e. The highest BCUT2D eigenvalue weighted by Gasteiger charge is 2.31. The molecule has 0 saturated carbocycles. The Morgan fingerprint density at radius 3 is 2.83 bits per heavy atom. The molecule has 0 unspecified atom stereocenters. The van der Waals surface area contributed by atoms with Crippen LogP contribution in [0.1, 0.15) is 55.1 Å². The van der Waals surface area contributed by atoms with Gasteiger partial charge in [-0.15, -0.1) is 0 Å². The van der Waals surface area contributed by atoms with E-state index in [1.54, 1.807) is 6.08 Å². The summed E-state index contributed by atoms with van der Waals surface area (Å²) in [6.07, 6.45) is 3.32. The average Bonchev–Trinajstić information content (AvgIpc) is 2.34. The van der Waals surface area contributed by atoms with Gasteiger partial charge in [-0.2, -0.15) is 0 Å². The Kier molecular flexibility index (Phi) is 3.40. The number of hydrogen-bond acceptors (Lipinski definition) is 2. The summed E-state index contributed by atoms with van der Waals surface area (Å²) in [5.41, 5.74) is 4.12. The van der Waals surface area contributed by atoms with E-state index in [1.165, 1.54) is 0 Å². The lowest BCUT2D eigenvalue weighted by Crippen LogP contribution is -2.27. The summed E-state index contributed by atoms with van der Waals surface area (Å²) >= 11 is 0. The van der Waals surface area contributed by atoms with Crippen LogP contribution in [0.3, 0.4) is 0 Å². The molecule has 0 bridgehead atoms. The van der Waals surface area contributed by atoms with Gasteiger partial charge in [-0.3, -0.25) is 4.79 Å². The Balaban J connectivity index is 2.52. The highest BCUT2D eigenvalue weighted by Crippen LogP contribution is 2.37. The average molecular weight is 244 g/mol. The number of rotatable bonds is 2. The summed E-state index contributed by atoms with van der Waals surface area (Å²) in [7, 11) is 0. The van der Waals surface area contributed by atoms with Crippen molar-refractivity contribution in [2.45, 2.75) is 39.0 Å². The first-order valence-electron chi connectivity index (χ1n) is 6.41. The van der Waals surface area contributed by atoms with E-state index in [-0.39, 0.29) is 17.8 Å². The van der Waals surface area contributed by atoms with Crippen molar-refractivity contribution in [1.29, 1.82) is 0 Å². The molecular weight excluding hydrogens is 224 g/mol. The van der Waals surface area contributed by atoms with E-state index in [0.717, 1.165) is 28.7 Å². The summed E-state index contributed by atoms with van der Waals surface area (Å²) in [4.78, 5) is 12.0. The molecule has 0 heterocycles. The lowest BCUT2D eigenvalue weighted by Gasteiger charge is -2.32. The summed E-state index contributed by atoms with van der Waals surface area (Å²) in [6, 6.07) is 6.08. The maximum absolute atomic E-state index is 12.0. The molecule has 0 atom stereocenters. The second-order valence-electron chi connectivity index (χ2n) is 5.64. The number of allylic oxidation sites excluding steroid dienone is 1. The Morgan fingerprint density at radius 2 is 2.17 bits per heavy atom. The van der Waals surface area contributed by atoms with E-state index < -0.39 is 0 Å². The fraction of sp³-hybridized carbons (Fsp3) is 0.438. The van der Waals surface area contributed by atoms with Crippen molar-refractivity contribution in [1.82, 2.24) is 0 Å². The molecule has 0 amide bonds. The Bertz CT molecular complexity index is 510. The molecule has 1 aromatic rings. The number of benzene rings is 1. The zero-order chi connectivity index (χ0) is 13.3. The van der Waals surface area contributed by atoms with Gasteiger partial charge in [0.1, 0.15) is 0 Å². The number of carbonyl (C=O) groups excluding carboxylic acids is 1. The first-order valence-corrected chi connectivity index (χ1v) is 6.41. The number of Topliss-reactive ketones (excluding diaryl/α,β-unsaturated/α-hetero) is 1. The van der Waals surface area contributed by atoms with Gasteiger partial charge in [0, 0.05) is 12.0 Å². The lowest BCUT2D eigenvalue weighted by molar-refractivity contribution is 0.0956. The number of aliphatic hydroxyl groups is 1. The van der Waals surface area contributed by atoms with Crippen molar-refractivity contribution >= 4 is 11.4 Å². The lowest BCUT2D eigenvalue weighted by atomic mass is 9.72. The summed E-state index contributed by atoms with van der Waals surface area (Å²) in [5, 5.41) is 8.93. The van der Waals surface area contributed by atoms with Gasteiger partial charge in [0.15, 0.2) is 5.78 Å². The molecular formula is C16H20O2. The Labute approximate surface area is 108 Å². The van der Waals surface area contributed by atoms with Gasteiger partial charge in [-0.1, -0.05) is 32.1 Å². The molecule has 2 rings (SSSR count). The topological polar surface area (TPSA) is 37.3 Å². The zero-order valence-electron chi connectivity index (χ0n) is 11.3. The first kappa shape index (κ1) is 13.0. The molecule has 1 aliphatic carbocycles. The number of carbonyl (C=O) groups is 1. The predicted molar refractivity (Wildman–Crippen MR) is 73.8 cm³/mol. The summed E-state index contributed by atoms with van der Waals surface area (Å²) in [6.45, 7) is 6.36. The number of hydrogen-bond donors (Lipinski definition) is 1. The van der Waals surface area contributed by atoms with E-state index in [1.807, 2.05) is 19.1 Å². The molecule has 0 saturated heterocycles. The minimum atomic E-state index is 0.0301. The quantitative estimate of drug-likeness (QED) is 0.866. The van der Waals surface area contributed by atoms with Crippen molar-refractivity contribution in [3.05, 3.63) is 41.0 Å². The fourth-order valence-electron chi connectivity index (χ4n) is 2.56. The van der Waals surface area contributed by atoms with Crippen LogP contribution >= 0.6 is 0 Å². The third-order valence-corrected chi connectivity index (χ3v) is 3.88. The maximum atomic E-state index is 12.0. The molecule has 0 fully saturated rings. The smallest absolute Gasteiger partial charge is 0.163 e. The van der Waals surface area contributed by atoms with Crippen molar-refractivity contribution < 1.29 is 9.90 Å². The van der Waals surface area contributed by atoms with Crippen molar-refractivity contribution in [3.63, 3.8) is 0 Å². The van der Waals surface area contributed by atoms with Crippen LogP contribution in [0.25, 0.3) is 5.57 Å². The van der Waals surface area contributed by atoms with Crippen molar-refractivity contribution in [3.8, 4) is 0 Å². The Hall–Kier alpha value is -1.41. The predicted octanol–water partition coefficient (Wildman–Crippen LogP) is 3.34. The second kappa shape index (κ2) is 4.69. The molecule has 0 aromatic heterocycles. The summed E-state index contributed by atoms with van der Waals surface area (Å²) in [5.74, 6) is 0.239. The van der Waals surface area contributed by atoms with Gasteiger partial charge >= 0.3 is 0 Å². The number of fused-ring (bicyclic) bond motifs is 1. The van der Waals surface area contributed by atoms with Gasteiger partial charge in [0.25, 0.3) is 0 Å². The Morgan fingerprint density at radius 1 is 1.44 bits per heavy atom. The third-order valence-electron chi connectivity index (χ3n) is 3.88. The molecule has 1 aliphatic rings. The molecule has 0 aliphatic heterocycles. The van der Waals surface area contributed by atoms with E-state index in [0.29, 0.717) is 6.42 Å². The third kappa shape index (κ3) is 2.25. The van der Waals surface area contributed by atoms with Crippen molar-refractivity contribution in [2.24, 2.45) is 0 Å². The minimum absolute atomic E-state index is 0.0301. The van der Waals surface area contributed by atoms with Crippen LogP contribution in [-0.4, -0.2) is 17.5 Å². The molecule has 0 spiro atoms. The first-order chi connectivity index (χ1) is 8.45. The van der Waals surface area contributed by atoms with E-state index in [2.05, 4.69) is 19.9 Å². The zero-order valence-corrected chi connectivity index (χ0v) is 11.3. The van der Waals surface area contributed by atoms with Crippen LogP contribution in [0.15, 0.2) is 24.3 Å². The second-order valence-corrected chi connectivity index (χ2v) is 5.64.